The molecule has 2 N–H and O–H groups in total. The van der Waals surface area contributed by atoms with Crippen LogP contribution in [0.3, 0.4) is 0 Å². The summed E-state index contributed by atoms with van der Waals surface area (Å²) in [4.78, 5) is 4.02. The first-order chi connectivity index (χ1) is 7.90. The molecule has 0 aromatic heterocycles. The maximum Gasteiger partial charge on any atom is 0.113 e. The summed E-state index contributed by atoms with van der Waals surface area (Å²) in [6.45, 7) is 0. The fourth-order valence-electron chi connectivity index (χ4n) is 2.37. The number of hydrogen-bond donors (Lipinski definition) is 2. The Bertz CT molecular complexity index is 339. The SMILES string of the molecule is ONC=Nc1ccc(C2CCCCC2)cc1. The summed E-state index contributed by atoms with van der Waals surface area (Å²) in [6.07, 6.45) is 8.02. The quantitative estimate of drug-likeness (QED) is 0.464. The van der Waals surface area contributed by atoms with Crippen LogP contribution in [0, 0.1) is 0 Å². The number of nitrogens with zero attached hydrogens (tertiary/aromatic N) is 1. The fraction of sp³-hybridized carbons (Fsp3) is 0.462. The molecule has 1 aliphatic carbocycles. The van der Waals surface area contributed by atoms with E-state index in [1.807, 2.05) is 17.6 Å². The summed E-state index contributed by atoms with van der Waals surface area (Å²) in [5, 5.41) is 8.39. The largest absolute Gasteiger partial charge is 0.290 e. The summed E-state index contributed by atoms with van der Waals surface area (Å²) in [5.41, 5.74) is 4.19. The van der Waals surface area contributed by atoms with Crippen molar-refractivity contribution in [2.45, 2.75) is 38.0 Å². The predicted molar refractivity (Wildman–Crippen MR) is 65.3 cm³/mol. The van der Waals surface area contributed by atoms with Gasteiger partial charge in [-0.1, -0.05) is 31.4 Å². The van der Waals surface area contributed by atoms with E-state index >= 15 is 0 Å². The highest BCUT2D eigenvalue weighted by Gasteiger charge is 2.14. The van der Waals surface area contributed by atoms with E-state index in [9.17, 15) is 0 Å². The molecule has 0 bridgehead atoms. The lowest BCUT2D eigenvalue weighted by Crippen LogP contribution is -2.04. The van der Waals surface area contributed by atoms with Crippen molar-refractivity contribution in [3.63, 3.8) is 0 Å². The first-order valence-corrected chi connectivity index (χ1v) is 5.92. The Morgan fingerprint density at radius 2 is 1.81 bits per heavy atom. The van der Waals surface area contributed by atoms with Gasteiger partial charge in [0, 0.05) is 0 Å². The average molecular weight is 218 g/mol. The number of benzene rings is 1. The van der Waals surface area contributed by atoms with Crippen molar-refractivity contribution in [2.75, 3.05) is 0 Å². The molecule has 86 valence electrons. The molecule has 0 amide bonds. The van der Waals surface area contributed by atoms with Gasteiger partial charge in [-0.25, -0.2) is 4.99 Å². The van der Waals surface area contributed by atoms with Crippen molar-refractivity contribution < 1.29 is 5.21 Å². The molecule has 0 unspecified atom stereocenters. The van der Waals surface area contributed by atoms with Crippen LogP contribution in [0.4, 0.5) is 5.69 Å². The van der Waals surface area contributed by atoms with Crippen LogP contribution in [0.1, 0.15) is 43.6 Å². The van der Waals surface area contributed by atoms with Gasteiger partial charge in [0.25, 0.3) is 0 Å². The van der Waals surface area contributed by atoms with E-state index < -0.39 is 0 Å². The lowest BCUT2D eigenvalue weighted by atomic mass is 9.84. The summed E-state index contributed by atoms with van der Waals surface area (Å²) in [7, 11) is 0. The molecule has 2 rings (SSSR count). The lowest BCUT2D eigenvalue weighted by molar-refractivity contribution is 0.240. The van der Waals surface area contributed by atoms with Gasteiger partial charge >= 0.3 is 0 Å². The van der Waals surface area contributed by atoms with Crippen molar-refractivity contribution in [1.82, 2.24) is 5.48 Å². The van der Waals surface area contributed by atoms with Gasteiger partial charge < -0.3 is 0 Å². The van der Waals surface area contributed by atoms with E-state index in [1.54, 1.807) is 0 Å². The molecule has 16 heavy (non-hydrogen) atoms. The van der Waals surface area contributed by atoms with Crippen molar-refractivity contribution in [3.05, 3.63) is 29.8 Å². The van der Waals surface area contributed by atoms with Gasteiger partial charge in [-0.05, 0) is 36.5 Å². The van der Waals surface area contributed by atoms with E-state index in [4.69, 9.17) is 5.21 Å². The van der Waals surface area contributed by atoms with Crippen LogP contribution >= 0.6 is 0 Å². The van der Waals surface area contributed by atoms with Crippen LogP contribution in [-0.4, -0.2) is 11.5 Å². The average Bonchev–Trinajstić information content (AvgIpc) is 2.38. The Labute approximate surface area is 96.2 Å². The highest BCUT2D eigenvalue weighted by atomic mass is 16.5. The highest BCUT2D eigenvalue weighted by molar-refractivity contribution is 5.59. The molecule has 0 atom stereocenters. The Hall–Kier alpha value is -1.35. The Balaban J connectivity index is 2.03. The van der Waals surface area contributed by atoms with Crippen molar-refractivity contribution in [1.29, 1.82) is 0 Å². The Kier molecular flexibility index (Phi) is 3.94. The Morgan fingerprint density at radius 1 is 1.12 bits per heavy atom. The minimum absolute atomic E-state index is 0.739. The molecule has 0 saturated heterocycles. The third kappa shape index (κ3) is 2.83. The molecule has 0 aliphatic heterocycles. The van der Waals surface area contributed by atoms with Gasteiger partial charge in [0.15, 0.2) is 0 Å². The zero-order valence-corrected chi connectivity index (χ0v) is 9.39. The number of aliphatic imine (C=N–C) groups is 1. The molecule has 1 aromatic carbocycles. The van der Waals surface area contributed by atoms with Crippen LogP contribution in [0.25, 0.3) is 0 Å². The molecule has 0 radical (unpaired) electrons. The van der Waals surface area contributed by atoms with Crippen LogP contribution in [0.5, 0.6) is 0 Å². The molecule has 3 heteroatoms. The molecule has 0 heterocycles. The maximum absolute atomic E-state index is 8.39. The molecule has 0 spiro atoms. The number of nitrogens with one attached hydrogen (secondary N) is 1. The second-order valence-corrected chi connectivity index (χ2v) is 4.31. The van der Waals surface area contributed by atoms with Gasteiger partial charge in [-0.3, -0.25) is 10.7 Å². The van der Waals surface area contributed by atoms with Crippen LogP contribution in [0.2, 0.25) is 0 Å². The predicted octanol–water partition coefficient (Wildman–Crippen LogP) is 3.37. The molecule has 3 nitrogen and oxygen atoms in total. The van der Waals surface area contributed by atoms with Gasteiger partial charge in [0.1, 0.15) is 6.34 Å². The highest BCUT2D eigenvalue weighted by Crippen LogP contribution is 2.33. The van der Waals surface area contributed by atoms with E-state index in [0.29, 0.717) is 0 Å². The van der Waals surface area contributed by atoms with Crippen LogP contribution in [0.15, 0.2) is 29.3 Å². The van der Waals surface area contributed by atoms with Crippen LogP contribution in [-0.2, 0) is 0 Å². The molecular formula is C13H18N2O. The van der Waals surface area contributed by atoms with Gasteiger partial charge in [0.2, 0.25) is 0 Å². The molecule has 1 aromatic rings. The molecular weight excluding hydrogens is 200 g/mol. The minimum Gasteiger partial charge on any atom is -0.290 e. The first-order valence-electron chi connectivity index (χ1n) is 5.92. The van der Waals surface area contributed by atoms with Crippen molar-refractivity contribution >= 4 is 12.0 Å². The number of hydrogen-bond acceptors (Lipinski definition) is 2. The van der Waals surface area contributed by atoms with Crippen molar-refractivity contribution in [3.8, 4) is 0 Å². The van der Waals surface area contributed by atoms with E-state index in [0.717, 1.165) is 11.6 Å². The van der Waals surface area contributed by atoms with Gasteiger partial charge in [-0.15, -0.1) is 0 Å². The zero-order chi connectivity index (χ0) is 11.2. The smallest absolute Gasteiger partial charge is 0.113 e. The van der Waals surface area contributed by atoms with E-state index in [-0.39, 0.29) is 0 Å². The maximum atomic E-state index is 8.39. The van der Waals surface area contributed by atoms with Crippen LogP contribution < -0.4 is 5.48 Å². The van der Waals surface area contributed by atoms with E-state index in [2.05, 4.69) is 17.1 Å². The molecule has 1 saturated carbocycles. The molecule has 1 fully saturated rings. The summed E-state index contributed by atoms with van der Waals surface area (Å²) in [5.74, 6) is 0.739. The third-order valence-corrected chi connectivity index (χ3v) is 3.24. The van der Waals surface area contributed by atoms with Crippen molar-refractivity contribution in [2.24, 2.45) is 4.99 Å². The zero-order valence-electron chi connectivity index (χ0n) is 9.39. The summed E-state index contributed by atoms with van der Waals surface area (Å²) < 4.78 is 0. The number of rotatable bonds is 3. The summed E-state index contributed by atoms with van der Waals surface area (Å²) in [6, 6.07) is 8.30. The molecule has 1 aliphatic rings. The number of hydroxylamine groups is 1. The first kappa shape index (κ1) is 11.1. The van der Waals surface area contributed by atoms with Gasteiger partial charge in [0.05, 0.1) is 5.69 Å². The topological polar surface area (TPSA) is 44.6 Å². The summed E-state index contributed by atoms with van der Waals surface area (Å²) >= 11 is 0. The third-order valence-electron chi connectivity index (χ3n) is 3.24. The second-order valence-electron chi connectivity index (χ2n) is 4.31. The minimum atomic E-state index is 0.739. The lowest BCUT2D eigenvalue weighted by Gasteiger charge is -2.21. The van der Waals surface area contributed by atoms with Gasteiger partial charge in [-0.2, -0.15) is 0 Å². The fourth-order valence-corrected chi connectivity index (χ4v) is 2.37. The second kappa shape index (κ2) is 5.66. The monoisotopic (exact) mass is 218 g/mol. The normalized spacial score (nSPS) is 17.8. The Morgan fingerprint density at radius 3 is 2.44 bits per heavy atom. The van der Waals surface area contributed by atoms with E-state index in [1.165, 1.54) is 44.0 Å². The standard InChI is InChI=1S/C13H18N2O/c16-15-10-14-13-8-6-12(7-9-13)11-4-2-1-3-5-11/h6-11,16H,1-5H2,(H,14,15).